The van der Waals surface area contributed by atoms with Gasteiger partial charge >= 0.3 is 0 Å². The van der Waals surface area contributed by atoms with Gasteiger partial charge in [-0.3, -0.25) is 9.59 Å². The maximum Gasteiger partial charge on any atom is 0.292 e. The van der Waals surface area contributed by atoms with Crippen LogP contribution in [0.25, 0.3) is 0 Å². The van der Waals surface area contributed by atoms with Gasteiger partial charge in [-0.25, -0.2) is 0 Å². The number of fused-ring (bicyclic) bond motifs is 1. The second-order valence-corrected chi connectivity index (χ2v) is 7.40. The Morgan fingerprint density at radius 2 is 1.78 bits per heavy atom. The molecule has 4 heteroatoms. The normalized spacial score (nSPS) is 26.3. The van der Waals surface area contributed by atoms with E-state index in [0.29, 0.717) is 24.1 Å². The van der Waals surface area contributed by atoms with Crippen LogP contribution in [0.3, 0.4) is 0 Å². The topological polar surface area (TPSA) is 63.6 Å². The zero-order chi connectivity index (χ0) is 21.4. The van der Waals surface area contributed by atoms with Gasteiger partial charge in [0.25, 0.3) is 6.47 Å². The summed E-state index contributed by atoms with van der Waals surface area (Å²) in [5.74, 6) is 3.77. The second kappa shape index (κ2) is 17.0. The van der Waals surface area contributed by atoms with Gasteiger partial charge in [-0.05, 0) is 61.3 Å². The van der Waals surface area contributed by atoms with Crippen LogP contribution in [0.4, 0.5) is 0 Å². The molecule has 0 saturated heterocycles. The van der Waals surface area contributed by atoms with E-state index < -0.39 is 0 Å². The number of ether oxygens (including phenoxy) is 1. The summed E-state index contributed by atoms with van der Waals surface area (Å²) in [6, 6.07) is 0. The van der Waals surface area contributed by atoms with E-state index in [1.54, 1.807) is 0 Å². The molecule has 2 rings (SSSR count). The first-order valence-corrected chi connectivity index (χ1v) is 10.6. The molecule has 0 amide bonds. The highest BCUT2D eigenvalue weighted by Crippen LogP contribution is 2.49. The minimum absolute atomic E-state index is 0.318. The minimum Gasteiger partial charge on any atom is -0.471 e. The molecule has 4 unspecified atom stereocenters. The Labute approximate surface area is 167 Å². The standard InChI is InChI=1S/C18H30O.C2H4O2.C2H6.CH4O/c1-5-6-7-15-14(12(2)3)10-11-17-16(15)9-8-13(4)18(17)19;1-4-2-3;2*1-2/h12,14-17H,4-11H2,1-3H3;2H,1H3;1-2H3;2H,1H3. The van der Waals surface area contributed by atoms with Gasteiger partial charge in [0.05, 0.1) is 7.11 Å². The Morgan fingerprint density at radius 1 is 1.22 bits per heavy atom. The Bertz CT molecular complexity index is 403. The van der Waals surface area contributed by atoms with Gasteiger partial charge in [-0.1, -0.05) is 54.0 Å². The Morgan fingerprint density at radius 3 is 2.22 bits per heavy atom. The van der Waals surface area contributed by atoms with E-state index in [1.807, 2.05) is 13.8 Å². The van der Waals surface area contributed by atoms with E-state index >= 15 is 0 Å². The van der Waals surface area contributed by atoms with Crippen molar-refractivity contribution < 1.29 is 19.4 Å². The number of Topliss-reactive ketones (excluding diaryl/α,β-unsaturated/α-hetero) is 1. The van der Waals surface area contributed by atoms with Crippen molar-refractivity contribution in [2.24, 2.45) is 29.6 Å². The van der Waals surface area contributed by atoms with Crippen molar-refractivity contribution in [2.75, 3.05) is 14.2 Å². The largest absolute Gasteiger partial charge is 0.471 e. The smallest absolute Gasteiger partial charge is 0.292 e. The lowest BCUT2D eigenvalue weighted by Gasteiger charge is -2.47. The zero-order valence-electron chi connectivity index (χ0n) is 18.8. The molecule has 0 heterocycles. The van der Waals surface area contributed by atoms with Gasteiger partial charge in [0, 0.05) is 13.0 Å². The summed E-state index contributed by atoms with van der Waals surface area (Å²) < 4.78 is 3.86. The van der Waals surface area contributed by atoms with Gasteiger partial charge in [-0.2, -0.15) is 0 Å². The van der Waals surface area contributed by atoms with Gasteiger partial charge in [-0.15, -0.1) is 0 Å². The number of carbonyl (C=O) groups is 2. The van der Waals surface area contributed by atoms with E-state index in [2.05, 4.69) is 32.1 Å². The number of allylic oxidation sites excluding steroid dienone is 1. The van der Waals surface area contributed by atoms with E-state index in [0.717, 1.165) is 43.3 Å². The number of hydrogen-bond donors (Lipinski definition) is 1. The molecule has 160 valence electrons. The Hall–Kier alpha value is -1.16. The van der Waals surface area contributed by atoms with Crippen LogP contribution in [0, 0.1) is 29.6 Å². The molecule has 0 radical (unpaired) electrons. The average Bonchev–Trinajstić information content (AvgIpc) is 2.71. The number of hydrogen-bond acceptors (Lipinski definition) is 4. The van der Waals surface area contributed by atoms with E-state index in [9.17, 15) is 4.79 Å². The fourth-order valence-electron chi connectivity index (χ4n) is 4.58. The molecule has 0 bridgehead atoms. The van der Waals surface area contributed by atoms with Crippen LogP contribution < -0.4 is 0 Å². The van der Waals surface area contributed by atoms with Crippen LogP contribution in [0.2, 0.25) is 0 Å². The van der Waals surface area contributed by atoms with Crippen molar-refractivity contribution in [3.8, 4) is 0 Å². The lowest BCUT2D eigenvalue weighted by molar-refractivity contribution is -0.127. The predicted octanol–water partition coefficient (Wildman–Crippen LogP) is 5.43. The predicted molar refractivity (Wildman–Crippen MR) is 114 cm³/mol. The first-order chi connectivity index (χ1) is 13.0. The van der Waals surface area contributed by atoms with E-state index in [-0.39, 0.29) is 0 Å². The van der Waals surface area contributed by atoms with Crippen LogP contribution in [0.1, 0.15) is 79.6 Å². The van der Waals surface area contributed by atoms with Crippen molar-refractivity contribution in [2.45, 2.75) is 79.6 Å². The molecule has 1 N–H and O–H groups in total. The molecule has 2 fully saturated rings. The summed E-state index contributed by atoms with van der Waals surface area (Å²) in [5, 5.41) is 7.00. The van der Waals surface area contributed by atoms with E-state index in [4.69, 9.17) is 9.90 Å². The van der Waals surface area contributed by atoms with Crippen LogP contribution in [0.5, 0.6) is 0 Å². The van der Waals surface area contributed by atoms with Crippen molar-refractivity contribution in [3.63, 3.8) is 0 Å². The summed E-state index contributed by atoms with van der Waals surface area (Å²) in [6.07, 6.45) is 8.48. The lowest BCUT2D eigenvalue weighted by atomic mass is 9.57. The number of methoxy groups -OCH3 is 1. The molecule has 2 aliphatic carbocycles. The summed E-state index contributed by atoms with van der Waals surface area (Å²) in [5.41, 5.74) is 0.901. The maximum atomic E-state index is 12.4. The van der Waals surface area contributed by atoms with Crippen LogP contribution >= 0.6 is 0 Å². The molecular weight excluding hydrogens is 340 g/mol. The molecule has 0 aromatic heterocycles. The van der Waals surface area contributed by atoms with Crippen LogP contribution in [-0.2, 0) is 14.3 Å². The fraction of sp³-hybridized carbons (Fsp3) is 0.826. The van der Waals surface area contributed by atoms with Gasteiger partial charge in [0.15, 0.2) is 5.78 Å². The third-order valence-corrected chi connectivity index (χ3v) is 5.74. The van der Waals surface area contributed by atoms with Crippen LogP contribution in [-0.4, -0.2) is 31.6 Å². The summed E-state index contributed by atoms with van der Waals surface area (Å²) >= 11 is 0. The summed E-state index contributed by atoms with van der Waals surface area (Å²) in [4.78, 5) is 21.3. The SMILES string of the molecule is C=C1CCC2C(CCC(C(C)C)C2CCCC)C1=O.CC.CO.COC=O. The van der Waals surface area contributed by atoms with Crippen molar-refractivity contribution in [3.05, 3.63) is 12.2 Å². The van der Waals surface area contributed by atoms with Crippen molar-refractivity contribution >= 4 is 12.3 Å². The van der Waals surface area contributed by atoms with Crippen molar-refractivity contribution in [1.82, 2.24) is 0 Å². The minimum atomic E-state index is 0.318. The lowest BCUT2D eigenvalue weighted by Crippen LogP contribution is -2.43. The number of carbonyl (C=O) groups excluding carboxylic acids is 2. The molecule has 27 heavy (non-hydrogen) atoms. The molecule has 2 aliphatic rings. The maximum absolute atomic E-state index is 12.4. The first-order valence-electron chi connectivity index (χ1n) is 10.6. The number of aliphatic hydroxyl groups excluding tert-OH is 1. The highest BCUT2D eigenvalue weighted by molar-refractivity contribution is 5.97. The summed E-state index contributed by atoms with van der Waals surface area (Å²) in [7, 11) is 2.31. The number of aliphatic hydroxyl groups is 1. The molecule has 0 aliphatic heterocycles. The average molecular weight is 385 g/mol. The number of rotatable bonds is 5. The molecular formula is C23H44O4. The third kappa shape index (κ3) is 9.05. The van der Waals surface area contributed by atoms with Gasteiger partial charge < -0.3 is 9.84 Å². The van der Waals surface area contributed by atoms with Gasteiger partial charge in [0.2, 0.25) is 0 Å². The molecule has 0 aromatic carbocycles. The van der Waals surface area contributed by atoms with Crippen molar-refractivity contribution in [1.29, 1.82) is 0 Å². The molecule has 0 aromatic rings. The number of ketones is 1. The summed E-state index contributed by atoms with van der Waals surface area (Å²) in [6.45, 7) is 15.4. The highest BCUT2D eigenvalue weighted by Gasteiger charge is 2.44. The molecule has 0 spiro atoms. The monoisotopic (exact) mass is 384 g/mol. The highest BCUT2D eigenvalue weighted by atomic mass is 16.5. The van der Waals surface area contributed by atoms with Gasteiger partial charge in [0.1, 0.15) is 0 Å². The Balaban J connectivity index is 0. The second-order valence-electron chi connectivity index (χ2n) is 7.40. The molecule has 4 atom stereocenters. The third-order valence-electron chi connectivity index (χ3n) is 5.74. The van der Waals surface area contributed by atoms with E-state index in [1.165, 1.54) is 39.2 Å². The molecule has 4 nitrogen and oxygen atoms in total. The quantitative estimate of drug-likeness (QED) is 0.507. The molecule has 2 saturated carbocycles. The fourth-order valence-corrected chi connectivity index (χ4v) is 4.58. The van der Waals surface area contributed by atoms with Crippen LogP contribution in [0.15, 0.2) is 12.2 Å². The number of unbranched alkanes of at least 4 members (excludes halogenated alkanes) is 1. The Kier molecular flexibility index (Phi) is 17.6. The first kappa shape index (κ1) is 28.1. The zero-order valence-corrected chi connectivity index (χ0v) is 18.8.